The van der Waals surface area contributed by atoms with Gasteiger partial charge in [-0.2, -0.15) is 0 Å². The van der Waals surface area contributed by atoms with Crippen LogP contribution in [-0.4, -0.2) is 33.4 Å². The Balaban J connectivity index is 1.90. The van der Waals surface area contributed by atoms with Gasteiger partial charge in [0.1, 0.15) is 16.7 Å². The fraction of sp³-hybridized carbons (Fsp3) is 0.107. The number of carbonyl (C=O) groups excluding carboxylic acids is 1. The molecule has 0 unspecified atom stereocenters. The Morgan fingerprint density at radius 3 is 2.47 bits per heavy atom. The lowest BCUT2D eigenvalue weighted by Gasteiger charge is -2.22. The van der Waals surface area contributed by atoms with Gasteiger partial charge >= 0.3 is 5.97 Å². The van der Waals surface area contributed by atoms with E-state index in [4.69, 9.17) is 9.15 Å². The van der Waals surface area contributed by atoms with Crippen LogP contribution in [-0.2, 0) is 9.53 Å². The molecule has 0 aliphatic heterocycles. The van der Waals surface area contributed by atoms with Crippen LogP contribution in [0, 0.1) is 0 Å². The second-order valence-corrected chi connectivity index (χ2v) is 8.26. The van der Waals surface area contributed by atoms with Gasteiger partial charge in [0.2, 0.25) is 5.75 Å². The van der Waals surface area contributed by atoms with Gasteiger partial charge in [0, 0.05) is 34.7 Å². The Morgan fingerprint density at radius 1 is 0.972 bits per heavy atom. The number of hydrogen-bond acceptors (Lipinski definition) is 8. The Morgan fingerprint density at radius 2 is 1.72 bits per heavy atom. The van der Waals surface area contributed by atoms with E-state index in [1.54, 1.807) is 48.7 Å². The van der Waals surface area contributed by atoms with Crippen molar-refractivity contribution in [2.24, 2.45) is 0 Å². The molecule has 2 aromatic heterocycles. The number of phenols is 3. The lowest BCUT2D eigenvalue weighted by molar-refractivity contribution is -0.140. The van der Waals surface area contributed by atoms with Gasteiger partial charge in [-0.05, 0) is 11.6 Å². The third-order valence-corrected chi connectivity index (χ3v) is 6.18. The van der Waals surface area contributed by atoms with Crippen LogP contribution in [0.3, 0.4) is 0 Å². The molecule has 3 aromatic carbocycles. The maximum Gasteiger partial charge on any atom is 0.306 e. The minimum atomic E-state index is -0.945. The number of hydrogen-bond donors (Lipinski definition) is 3. The third kappa shape index (κ3) is 3.78. The topological polar surface area (TPSA) is 130 Å². The largest absolute Gasteiger partial charge is 0.504 e. The molecule has 0 radical (unpaired) electrons. The number of benzene rings is 3. The highest BCUT2D eigenvalue weighted by atomic mass is 16.5. The Kier molecular flexibility index (Phi) is 5.77. The first-order chi connectivity index (χ1) is 17.4. The minimum absolute atomic E-state index is 0.0428. The van der Waals surface area contributed by atoms with Crippen molar-refractivity contribution in [3.05, 3.63) is 94.3 Å². The number of para-hydroxylation sites is 1. The summed E-state index contributed by atoms with van der Waals surface area (Å²) in [5.41, 5.74) is 0.848. The van der Waals surface area contributed by atoms with E-state index in [1.807, 2.05) is 18.2 Å². The van der Waals surface area contributed by atoms with Crippen LogP contribution in [0.15, 0.2) is 82.1 Å². The summed E-state index contributed by atoms with van der Waals surface area (Å²) < 4.78 is 11.0. The molecule has 2 heterocycles. The molecule has 180 valence electrons. The normalized spacial score (nSPS) is 12.0. The monoisotopic (exact) mass is 483 g/mol. The number of rotatable bonds is 5. The molecule has 0 amide bonds. The molecule has 8 heteroatoms. The van der Waals surface area contributed by atoms with Crippen molar-refractivity contribution < 1.29 is 29.3 Å². The molecule has 3 N–H and O–H groups in total. The van der Waals surface area contributed by atoms with Crippen molar-refractivity contribution in [3.8, 4) is 28.6 Å². The van der Waals surface area contributed by atoms with Crippen molar-refractivity contribution in [3.63, 3.8) is 0 Å². The molecule has 0 saturated carbocycles. The van der Waals surface area contributed by atoms with E-state index in [0.29, 0.717) is 16.6 Å². The number of esters is 1. The van der Waals surface area contributed by atoms with Crippen LogP contribution >= 0.6 is 0 Å². The molecule has 0 aliphatic carbocycles. The fourth-order valence-corrected chi connectivity index (χ4v) is 4.47. The smallest absolute Gasteiger partial charge is 0.306 e. The quantitative estimate of drug-likeness (QED) is 0.240. The van der Waals surface area contributed by atoms with Crippen LogP contribution in [0.1, 0.15) is 23.5 Å². The van der Waals surface area contributed by atoms with E-state index < -0.39 is 34.6 Å². The van der Waals surface area contributed by atoms with Gasteiger partial charge in [-0.15, -0.1) is 0 Å². The average molecular weight is 483 g/mol. The molecule has 36 heavy (non-hydrogen) atoms. The van der Waals surface area contributed by atoms with E-state index in [2.05, 4.69) is 4.98 Å². The standard InChI is InChI=1S/C28H21NO7/c1-35-21(31)13-18(17-11-5-9-16-10-6-12-29-24(16)17)22-25(32)27(34)26(33)23-19(30)14-20(36-28(22)23)15-7-3-2-4-8-15/h2-12,14,18,32-34H,13H2,1H3/t18-/m0/s1. The second kappa shape index (κ2) is 9.07. The maximum atomic E-state index is 13.1. The van der Waals surface area contributed by atoms with Crippen molar-refractivity contribution in [2.45, 2.75) is 12.3 Å². The first-order valence-electron chi connectivity index (χ1n) is 11.1. The zero-order chi connectivity index (χ0) is 25.4. The summed E-state index contributed by atoms with van der Waals surface area (Å²) in [6.07, 6.45) is 1.33. The van der Waals surface area contributed by atoms with Crippen LogP contribution in [0.5, 0.6) is 17.2 Å². The van der Waals surface area contributed by atoms with E-state index in [1.165, 1.54) is 13.2 Å². The van der Waals surface area contributed by atoms with Crippen LogP contribution in [0.2, 0.25) is 0 Å². The van der Waals surface area contributed by atoms with Gasteiger partial charge in [-0.1, -0.05) is 54.6 Å². The van der Waals surface area contributed by atoms with E-state index >= 15 is 0 Å². The van der Waals surface area contributed by atoms with E-state index in [-0.39, 0.29) is 28.7 Å². The summed E-state index contributed by atoms with van der Waals surface area (Å²) in [4.78, 5) is 30.1. The Hall–Kier alpha value is -4.85. The van der Waals surface area contributed by atoms with Crippen molar-refractivity contribution >= 4 is 27.8 Å². The van der Waals surface area contributed by atoms with Gasteiger partial charge in [0.15, 0.2) is 16.9 Å². The highest BCUT2D eigenvalue weighted by Crippen LogP contribution is 2.50. The highest BCUT2D eigenvalue weighted by Gasteiger charge is 2.32. The number of pyridine rings is 1. The first kappa shape index (κ1) is 22.9. The summed E-state index contributed by atoms with van der Waals surface area (Å²) in [5, 5.41) is 32.7. The first-order valence-corrected chi connectivity index (χ1v) is 11.1. The highest BCUT2D eigenvalue weighted by molar-refractivity contribution is 5.94. The summed E-state index contributed by atoms with van der Waals surface area (Å²) in [7, 11) is 1.24. The summed E-state index contributed by atoms with van der Waals surface area (Å²) in [6.45, 7) is 0. The minimum Gasteiger partial charge on any atom is -0.504 e. The second-order valence-electron chi connectivity index (χ2n) is 8.26. The summed E-state index contributed by atoms with van der Waals surface area (Å²) >= 11 is 0. The van der Waals surface area contributed by atoms with Gasteiger partial charge in [-0.3, -0.25) is 14.6 Å². The predicted molar refractivity (Wildman–Crippen MR) is 133 cm³/mol. The maximum absolute atomic E-state index is 13.1. The molecule has 1 atom stereocenters. The third-order valence-electron chi connectivity index (χ3n) is 6.18. The molecule has 5 aromatic rings. The zero-order valence-electron chi connectivity index (χ0n) is 19.1. The lowest BCUT2D eigenvalue weighted by Crippen LogP contribution is -2.13. The number of aromatic hydroxyl groups is 3. The number of carbonyl (C=O) groups is 1. The van der Waals surface area contributed by atoms with E-state index in [9.17, 15) is 24.9 Å². The van der Waals surface area contributed by atoms with E-state index in [0.717, 1.165) is 5.39 Å². The van der Waals surface area contributed by atoms with Gasteiger partial charge in [0.25, 0.3) is 0 Å². The summed E-state index contributed by atoms with van der Waals surface area (Å²) in [5.74, 6) is -3.77. The molecular formula is C28H21NO7. The number of fused-ring (bicyclic) bond motifs is 2. The van der Waals surface area contributed by atoms with Crippen molar-refractivity contribution in [1.82, 2.24) is 4.98 Å². The predicted octanol–water partition coefficient (Wildman–Crippen LogP) is 4.82. The average Bonchev–Trinajstić information content (AvgIpc) is 2.91. The van der Waals surface area contributed by atoms with Crippen LogP contribution < -0.4 is 5.43 Å². The molecule has 0 aliphatic rings. The number of nitrogens with zero attached hydrogens (tertiary/aromatic N) is 1. The van der Waals surface area contributed by atoms with Gasteiger partial charge in [0.05, 0.1) is 19.0 Å². The molecule has 0 saturated heterocycles. The SMILES string of the molecule is COC(=O)C[C@@H](c1cccc2cccnc12)c1c(O)c(O)c(O)c2c(=O)cc(-c3ccccc3)oc12. The number of phenolic OH excluding ortho intramolecular Hbond substituents is 3. The van der Waals surface area contributed by atoms with Crippen LogP contribution in [0.25, 0.3) is 33.2 Å². The molecule has 5 rings (SSSR count). The van der Waals surface area contributed by atoms with Crippen molar-refractivity contribution in [2.75, 3.05) is 7.11 Å². The van der Waals surface area contributed by atoms with Gasteiger partial charge in [-0.25, -0.2) is 0 Å². The number of ether oxygens (including phenoxy) is 1. The Labute approximate surface area is 204 Å². The Bertz CT molecular complexity index is 1670. The van der Waals surface area contributed by atoms with Gasteiger partial charge < -0.3 is 24.5 Å². The molecular weight excluding hydrogens is 462 g/mol. The molecule has 0 fully saturated rings. The molecule has 0 spiro atoms. The molecule has 8 nitrogen and oxygen atoms in total. The number of methoxy groups -OCH3 is 1. The molecule has 0 bridgehead atoms. The fourth-order valence-electron chi connectivity index (χ4n) is 4.47. The van der Waals surface area contributed by atoms with Crippen molar-refractivity contribution in [1.29, 1.82) is 0 Å². The van der Waals surface area contributed by atoms with Crippen LogP contribution in [0.4, 0.5) is 0 Å². The lowest BCUT2D eigenvalue weighted by atomic mass is 9.85. The zero-order valence-corrected chi connectivity index (χ0v) is 19.1. The summed E-state index contributed by atoms with van der Waals surface area (Å²) in [6, 6.07) is 19.0. The number of aromatic nitrogens is 1.